The second-order valence-corrected chi connectivity index (χ2v) is 8.26. The number of amides is 2. The van der Waals surface area contributed by atoms with Gasteiger partial charge in [0.15, 0.2) is 0 Å². The molecule has 0 atom stereocenters. The minimum Gasteiger partial charge on any atom is -0.324 e. The van der Waals surface area contributed by atoms with E-state index in [1.54, 1.807) is 36.4 Å². The summed E-state index contributed by atoms with van der Waals surface area (Å²) in [7, 11) is 0. The zero-order valence-electron chi connectivity index (χ0n) is 13.9. The molecule has 0 radical (unpaired) electrons. The van der Waals surface area contributed by atoms with E-state index in [4.69, 9.17) is 23.2 Å². The molecule has 3 aromatic rings. The van der Waals surface area contributed by atoms with Crippen molar-refractivity contribution in [2.75, 3.05) is 16.4 Å². The molecule has 0 spiro atoms. The summed E-state index contributed by atoms with van der Waals surface area (Å²) in [5.74, 6) is -0.0913. The first kappa shape index (κ1) is 19.8. The summed E-state index contributed by atoms with van der Waals surface area (Å²) in [5.41, 5.74) is 1.19. The van der Waals surface area contributed by atoms with Gasteiger partial charge < -0.3 is 10.6 Å². The lowest BCUT2D eigenvalue weighted by Gasteiger charge is -2.08. The van der Waals surface area contributed by atoms with Crippen molar-refractivity contribution in [2.24, 2.45) is 0 Å². The molecule has 0 fully saturated rings. The molecule has 2 amide bonds. The molecule has 138 valence electrons. The largest absolute Gasteiger partial charge is 0.324 e. The van der Waals surface area contributed by atoms with Gasteiger partial charge in [0, 0.05) is 15.6 Å². The highest BCUT2D eigenvalue weighted by atomic mass is 35.5. The fraction of sp³-hybridized carbons (Fsp3) is 0.0526. The standard InChI is InChI=1S/C19H14Cl2N2O2S2/c20-12-3-8-15(21)16(10-12)23-18(24)11-27-14-6-4-13(5-7-14)22-19(25)17-2-1-9-26-17/h1-10H,11H2,(H,22,25)(H,23,24). The average Bonchev–Trinajstić information content (AvgIpc) is 3.19. The van der Waals surface area contributed by atoms with Crippen LogP contribution >= 0.6 is 46.3 Å². The molecule has 4 nitrogen and oxygen atoms in total. The maximum atomic E-state index is 12.1. The van der Waals surface area contributed by atoms with Crippen molar-refractivity contribution < 1.29 is 9.59 Å². The monoisotopic (exact) mass is 436 g/mol. The SMILES string of the molecule is O=C(CSc1ccc(NC(=O)c2cccs2)cc1)Nc1cc(Cl)ccc1Cl. The van der Waals surface area contributed by atoms with Crippen molar-refractivity contribution in [2.45, 2.75) is 4.90 Å². The van der Waals surface area contributed by atoms with Gasteiger partial charge in [-0.2, -0.15) is 0 Å². The first-order valence-electron chi connectivity index (χ1n) is 7.84. The van der Waals surface area contributed by atoms with Crippen molar-refractivity contribution in [3.8, 4) is 0 Å². The van der Waals surface area contributed by atoms with Gasteiger partial charge in [-0.1, -0.05) is 29.3 Å². The molecule has 3 rings (SSSR count). The van der Waals surface area contributed by atoms with Gasteiger partial charge in [-0.15, -0.1) is 23.1 Å². The van der Waals surface area contributed by atoms with Gasteiger partial charge in [-0.3, -0.25) is 9.59 Å². The average molecular weight is 437 g/mol. The smallest absolute Gasteiger partial charge is 0.265 e. The Bertz CT molecular complexity index is 945. The number of nitrogens with one attached hydrogen (secondary N) is 2. The van der Waals surface area contributed by atoms with Crippen LogP contribution in [0.1, 0.15) is 9.67 Å². The summed E-state index contributed by atoms with van der Waals surface area (Å²) in [6.07, 6.45) is 0. The van der Waals surface area contributed by atoms with E-state index in [1.165, 1.54) is 23.1 Å². The van der Waals surface area contributed by atoms with Gasteiger partial charge >= 0.3 is 0 Å². The number of carbonyl (C=O) groups is 2. The van der Waals surface area contributed by atoms with Crippen molar-refractivity contribution in [1.29, 1.82) is 0 Å². The van der Waals surface area contributed by atoms with E-state index in [9.17, 15) is 9.59 Å². The molecular weight excluding hydrogens is 423 g/mol. The van der Waals surface area contributed by atoms with Crippen LogP contribution in [0.4, 0.5) is 11.4 Å². The number of benzene rings is 2. The predicted molar refractivity (Wildman–Crippen MR) is 115 cm³/mol. The Kier molecular flexibility index (Phi) is 6.79. The fourth-order valence-corrected chi connectivity index (χ4v) is 3.82. The van der Waals surface area contributed by atoms with Gasteiger partial charge in [0.05, 0.1) is 21.3 Å². The molecule has 2 aromatic carbocycles. The number of thioether (sulfide) groups is 1. The topological polar surface area (TPSA) is 58.2 Å². The summed E-state index contributed by atoms with van der Waals surface area (Å²) in [5, 5.41) is 8.37. The van der Waals surface area contributed by atoms with Gasteiger partial charge in [-0.25, -0.2) is 0 Å². The maximum absolute atomic E-state index is 12.1. The van der Waals surface area contributed by atoms with Crippen LogP contribution in [-0.2, 0) is 4.79 Å². The lowest BCUT2D eigenvalue weighted by atomic mass is 10.3. The molecule has 8 heteroatoms. The van der Waals surface area contributed by atoms with Crippen molar-refractivity contribution >= 4 is 69.5 Å². The van der Waals surface area contributed by atoms with Crippen LogP contribution in [0.25, 0.3) is 0 Å². The number of hydrogen-bond acceptors (Lipinski definition) is 4. The van der Waals surface area contributed by atoms with E-state index < -0.39 is 0 Å². The summed E-state index contributed by atoms with van der Waals surface area (Å²) >= 11 is 14.7. The predicted octanol–water partition coefficient (Wildman–Crippen LogP) is 6.04. The van der Waals surface area contributed by atoms with E-state index >= 15 is 0 Å². The number of carbonyl (C=O) groups excluding carboxylic acids is 2. The Hall–Kier alpha value is -1.99. The molecule has 0 aliphatic carbocycles. The lowest BCUT2D eigenvalue weighted by Crippen LogP contribution is -2.14. The number of anilines is 2. The Morgan fingerprint density at radius 1 is 1.00 bits per heavy atom. The second-order valence-electron chi connectivity index (χ2n) is 5.42. The lowest BCUT2D eigenvalue weighted by molar-refractivity contribution is -0.113. The summed E-state index contributed by atoms with van der Waals surface area (Å²) in [6.45, 7) is 0. The number of hydrogen-bond donors (Lipinski definition) is 2. The highest BCUT2D eigenvalue weighted by molar-refractivity contribution is 8.00. The molecule has 0 saturated carbocycles. The normalized spacial score (nSPS) is 10.4. The molecule has 2 N–H and O–H groups in total. The highest BCUT2D eigenvalue weighted by Gasteiger charge is 2.09. The molecule has 0 aliphatic heterocycles. The van der Waals surface area contributed by atoms with Crippen molar-refractivity contribution in [1.82, 2.24) is 0 Å². The molecular formula is C19H14Cl2N2O2S2. The minimum absolute atomic E-state index is 0.136. The van der Waals surface area contributed by atoms with E-state index in [2.05, 4.69) is 10.6 Å². The van der Waals surface area contributed by atoms with Gasteiger partial charge in [-0.05, 0) is 53.9 Å². The molecule has 0 unspecified atom stereocenters. The van der Waals surface area contributed by atoms with E-state index in [-0.39, 0.29) is 17.6 Å². The van der Waals surface area contributed by atoms with Crippen LogP contribution in [0, 0.1) is 0 Å². The number of halogens is 2. The molecule has 27 heavy (non-hydrogen) atoms. The Morgan fingerprint density at radius 2 is 1.78 bits per heavy atom. The van der Waals surface area contributed by atoms with Crippen LogP contribution < -0.4 is 10.6 Å². The van der Waals surface area contributed by atoms with Crippen LogP contribution in [0.2, 0.25) is 10.0 Å². The van der Waals surface area contributed by atoms with Gasteiger partial charge in [0.2, 0.25) is 5.91 Å². The second kappa shape index (κ2) is 9.28. The molecule has 0 aliphatic rings. The fourth-order valence-electron chi connectivity index (χ4n) is 2.16. The zero-order valence-corrected chi connectivity index (χ0v) is 17.0. The first-order valence-corrected chi connectivity index (χ1v) is 10.5. The molecule has 1 aromatic heterocycles. The Labute approximate surface area is 174 Å². The number of thiophene rings is 1. The number of rotatable bonds is 6. The molecule has 0 saturated heterocycles. The Balaban J connectivity index is 1.51. The van der Waals surface area contributed by atoms with E-state index in [1.807, 2.05) is 23.6 Å². The summed E-state index contributed by atoms with van der Waals surface area (Å²) in [6, 6.07) is 15.8. The van der Waals surface area contributed by atoms with Gasteiger partial charge in [0.25, 0.3) is 5.91 Å². The van der Waals surface area contributed by atoms with Crippen LogP contribution in [0.15, 0.2) is 64.9 Å². The van der Waals surface area contributed by atoms with Crippen LogP contribution in [0.5, 0.6) is 0 Å². The molecule has 0 bridgehead atoms. The third-order valence-electron chi connectivity index (χ3n) is 3.43. The maximum Gasteiger partial charge on any atom is 0.265 e. The zero-order chi connectivity index (χ0) is 19.2. The van der Waals surface area contributed by atoms with Crippen LogP contribution in [0.3, 0.4) is 0 Å². The summed E-state index contributed by atoms with van der Waals surface area (Å²) < 4.78 is 0. The minimum atomic E-state index is -0.181. The van der Waals surface area contributed by atoms with Gasteiger partial charge in [0.1, 0.15) is 0 Å². The quantitative estimate of drug-likeness (QED) is 0.463. The molecule has 1 heterocycles. The third kappa shape index (κ3) is 5.74. The van der Waals surface area contributed by atoms with Crippen molar-refractivity contribution in [3.63, 3.8) is 0 Å². The third-order valence-corrected chi connectivity index (χ3v) is 5.87. The Morgan fingerprint density at radius 3 is 2.48 bits per heavy atom. The highest BCUT2D eigenvalue weighted by Crippen LogP contribution is 2.26. The van der Waals surface area contributed by atoms with Crippen LogP contribution in [-0.4, -0.2) is 17.6 Å². The van der Waals surface area contributed by atoms with Crippen molar-refractivity contribution in [3.05, 3.63) is 74.9 Å². The van der Waals surface area contributed by atoms with E-state index in [0.29, 0.717) is 26.3 Å². The summed E-state index contributed by atoms with van der Waals surface area (Å²) in [4.78, 5) is 25.7. The van der Waals surface area contributed by atoms with E-state index in [0.717, 1.165) is 4.90 Å². The first-order chi connectivity index (χ1) is 13.0.